The molecule has 2 heterocycles. The molecular weight excluding hydrogens is 212 g/mol. The highest BCUT2D eigenvalue weighted by molar-refractivity contribution is 5.26. The highest BCUT2D eigenvalue weighted by Gasteiger charge is 2.22. The highest BCUT2D eigenvalue weighted by atomic mass is 15.2. The molecule has 0 saturated carbocycles. The fourth-order valence-electron chi connectivity index (χ4n) is 2.65. The molecule has 4 heteroatoms. The molecule has 1 N–H and O–H groups in total. The normalized spacial score (nSPS) is 20.9. The Kier molecular flexibility index (Phi) is 4.42. The van der Waals surface area contributed by atoms with Crippen LogP contribution in [-0.2, 0) is 6.54 Å². The van der Waals surface area contributed by atoms with E-state index in [4.69, 9.17) is 0 Å². The van der Waals surface area contributed by atoms with Gasteiger partial charge in [-0.15, -0.1) is 0 Å². The molecule has 1 aromatic rings. The first-order valence-electron chi connectivity index (χ1n) is 6.84. The highest BCUT2D eigenvalue weighted by Crippen LogP contribution is 2.17. The number of hydrogen-bond donors (Lipinski definition) is 1. The number of imidazole rings is 1. The number of anilines is 1. The number of likely N-dealkylation sites (tertiary alicyclic amines) is 1. The average molecular weight is 236 g/mol. The zero-order chi connectivity index (χ0) is 12.1. The molecule has 2 rings (SSSR count). The number of rotatable bonds is 6. The zero-order valence-corrected chi connectivity index (χ0v) is 11.0. The second-order valence-corrected chi connectivity index (χ2v) is 4.75. The number of aromatic nitrogens is 2. The predicted octanol–water partition coefficient (Wildman–Crippen LogP) is 2.19. The van der Waals surface area contributed by atoms with E-state index in [0.717, 1.165) is 32.0 Å². The number of hydrogen-bond acceptors (Lipinski definition) is 3. The third-order valence-corrected chi connectivity index (χ3v) is 3.58. The fraction of sp³-hybridized carbons (Fsp3) is 0.769. The molecule has 96 valence electrons. The van der Waals surface area contributed by atoms with E-state index < -0.39 is 0 Å². The second kappa shape index (κ2) is 6.05. The summed E-state index contributed by atoms with van der Waals surface area (Å²) in [5.74, 6) is 1.02. The first-order chi connectivity index (χ1) is 8.35. The maximum atomic E-state index is 4.38. The van der Waals surface area contributed by atoms with E-state index in [1.165, 1.54) is 19.4 Å². The molecule has 1 aromatic heterocycles. The number of nitrogens with one attached hydrogen (secondary N) is 1. The van der Waals surface area contributed by atoms with Crippen molar-refractivity contribution in [3.8, 4) is 0 Å². The average Bonchev–Trinajstić information content (AvgIpc) is 2.95. The molecular formula is C13H24N4. The van der Waals surface area contributed by atoms with Gasteiger partial charge >= 0.3 is 0 Å². The Morgan fingerprint density at radius 1 is 1.47 bits per heavy atom. The van der Waals surface area contributed by atoms with Crippen LogP contribution in [0.3, 0.4) is 0 Å². The van der Waals surface area contributed by atoms with Crippen LogP contribution in [0, 0.1) is 0 Å². The predicted molar refractivity (Wildman–Crippen MR) is 71.3 cm³/mol. The Hall–Kier alpha value is -1.03. The van der Waals surface area contributed by atoms with Crippen molar-refractivity contribution in [2.45, 2.75) is 45.7 Å². The minimum atomic E-state index is 0.687. The molecule has 0 amide bonds. The van der Waals surface area contributed by atoms with Crippen LogP contribution in [0.4, 0.5) is 5.95 Å². The third kappa shape index (κ3) is 3.00. The number of likely N-dealkylation sites (N-methyl/N-ethyl adjacent to an activating group) is 1. The lowest BCUT2D eigenvalue weighted by Crippen LogP contribution is -2.35. The van der Waals surface area contributed by atoms with E-state index in [1.54, 1.807) is 0 Å². The van der Waals surface area contributed by atoms with E-state index >= 15 is 0 Å². The SMILES string of the molecule is CCCn1ccnc1NCC1CCCN1CC. The van der Waals surface area contributed by atoms with Gasteiger partial charge in [0.1, 0.15) is 0 Å². The van der Waals surface area contributed by atoms with Crippen molar-refractivity contribution in [3.63, 3.8) is 0 Å². The molecule has 0 spiro atoms. The van der Waals surface area contributed by atoms with Crippen molar-refractivity contribution in [1.82, 2.24) is 14.5 Å². The van der Waals surface area contributed by atoms with Gasteiger partial charge in [-0.05, 0) is 32.4 Å². The summed E-state index contributed by atoms with van der Waals surface area (Å²) >= 11 is 0. The molecule has 1 aliphatic heterocycles. The van der Waals surface area contributed by atoms with Crippen LogP contribution < -0.4 is 5.32 Å². The number of aryl methyl sites for hydroxylation is 1. The second-order valence-electron chi connectivity index (χ2n) is 4.75. The Balaban J connectivity index is 1.86. The first-order valence-corrected chi connectivity index (χ1v) is 6.84. The lowest BCUT2D eigenvalue weighted by molar-refractivity contribution is 0.276. The van der Waals surface area contributed by atoms with Crippen molar-refractivity contribution in [1.29, 1.82) is 0 Å². The summed E-state index contributed by atoms with van der Waals surface area (Å²) in [6.07, 6.45) is 7.73. The van der Waals surface area contributed by atoms with E-state index in [-0.39, 0.29) is 0 Å². The van der Waals surface area contributed by atoms with Gasteiger partial charge in [-0.2, -0.15) is 0 Å². The topological polar surface area (TPSA) is 33.1 Å². The Labute approximate surface area is 104 Å². The van der Waals surface area contributed by atoms with Crippen LogP contribution >= 0.6 is 0 Å². The van der Waals surface area contributed by atoms with Crippen LogP contribution in [0.5, 0.6) is 0 Å². The van der Waals surface area contributed by atoms with Crippen LogP contribution in [-0.4, -0.2) is 40.1 Å². The van der Waals surface area contributed by atoms with Crippen molar-refractivity contribution in [2.24, 2.45) is 0 Å². The molecule has 1 saturated heterocycles. The maximum absolute atomic E-state index is 4.38. The fourth-order valence-corrected chi connectivity index (χ4v) is 2.65. The maximum Gasteiger partial charge on any atom is 0.202 e. The van der Waals surface area contributed by atoms with Crippen LogP contribution in [0.25, 0.3) is 0 Å². The first kappa shape index (κ1) is 12.4. The molecule has 4 nitrogen and oxygen atoms in total. The van der Waals surface area contributed by atoms with Gasteiger partial charge in [0, 0.05) is 31.5 Å². The van der Waals surface area contributed by atoms with Gasteiger partial charge in [-0.25, -0.2) is 4.98 Å². The Morgan fingerprint density at radius 2 is 2.35 bits per heavy atom. The van der Waals surface area contributed by atoms with Crippen molar-refractivity contribution in [3.05, 3.63) is 12.4 Å². The third-order valence-electron chi connectivity index (χ3n) is 3.58. The van der Waals surface area contributed by atoms with Gasteiger partial charge in [-0.1, -0.05) is 13.8 Å². The molecule has 17 heavy (non-hydrogen) atoms. The van der Waals surface area contributed by atoms with E-state index in [0.29, 0.717) is 6.04 Å². The van der Waals surface area contributed by atoms with Gasteiger partial charge in [0.05, 0.1) is 0 Å². The number of nitrogens with zero attached hydrogens (tertiary/aromatic N) is 3. The molecule has 0 radical (unpaired) electrons. The summed E-state index contributed by atoms with van der Waals surface area (Å²) in [6.45, 7) is 8.93. The van der Waals surface area contributed by atoms with E-state index in [9.17, 15) is 0 Å². The minimum Gasteiger partial charge on any atom is -0.354 e. The summed E-state index contributed by atoms with van der Waals surface area (Å²) in [5, 5.41) is 3.49. The summed E-state index contributed by atoms with van der Waals surface area (Å²) in [7, 11) is 0. The van der Waals surface area contributed by atoms with Crippen molar-refractivity contribution in [2.75, 3.05) is 25.0 Å². The monoisotopic (exact) mass is 236 g/mol. The summed E-state index contributed by atoms with van der Waals surface area (Å²) in [5.41, 5.74) is 0. The largest absolute Gasteiger partial charge is 0.354 e. The molecule has 0 bridgehead atoms. The summed E-state index contributed by atoms with van der Waals surface area (Å²) in [6, 6.07) is 0.687. The molecule has 1 atom stereocenters. The lowest BCUT2D eigenvalue weighted by Gasteiger charge is -2.23. The van der Waals surface area contributed by atoms with Crippen LogP contribution in [0.2, 0.25) is 0 Å². The Bertz CT molecular complexity index is 334. The van der Waals surface area contributed by atoms with Gasteiger partial charge in [0.2, 0.25) is 5.95 Å². The molecule has 0 aromatic carbocycles. The Morgan fingerprint density at radius 3 is 3.12 bits per heavy atom. The van der Waals surface area contributed by atoms with Gasteiger partial charge in [0.15, 0.2) is 0 Å². The molecule has 1 unspecified atom stereocenters. The standard InChI is InChI=1S/C13H24N4/c1-3-8-17-10-7-14-13(17)15-11-12-6-5-9-16(12)4-2/h7,10,12H,3-6,8-9,11H2,1-2H3,(H,14,15). The zero-order valence-electron chi connectivity index (χ0n) is 11.0. The van der Waals surface area contributed by atoms with Gasteiger partial charge in [0.25, 0.3) is 0 Å². The van der Waals surface area contributed by atoms with Crippen LogP contribution in [0.15, 0.2) is 12.4 Å². The summed E-state index contributed by atoms with van der Waals surface area (Å²) in [4.78, 5) is 6.94. The molecule has 1 fully saturated rings. The lowest BCUT2D eigenvalue weighted by atomic mass is 10.2. The quantitative estimate of drug-likeness (QED) is 0.822. The van der Waals surface area contributed by atoms with Crippen LogP contribution in [0.1, 0.15) is 33.1 Å². The van der Waals surface area contributed by atoms with Gasteiger partial charge in [-0.3, -0.25) is 4.90 Å². The van der Waals surface area contributed by atoms with Crippen molar-refractivity contribution < 1.29 is 0 Å². The van der Waals surface area contributed by atoms with Crippen molar-refractivity contribution >= 4 is 5.95 Å². The molecule has 0 aliphatic carbocycles. The van der Waals surface area contributed by atoms with E-state index in [2.05, 4.69) is 39.8 Å². The smallest absolute Gasteiger partial charge is 0.202 e. The van der Waals surface area contributed by atoms with E-state index in [1.807, 2.05) is 6.20 Å². The summed E-state index contributed by atoms with van der Waals surface area (Å²) < 4.78 is 2.20. The van der Waals surface area contributed by atoms with Gasteiger partial charge < -0.3 is 9.88 Å². The minimum absolute atomic E-state index is 0.687. The molecule has 1 aliphatic rings.